The highest BCUT2D eigenvalue weighted by atomic mass is 16.4. The van der Waals surface area contributed by atoms with E-state index in [1.54, 1.807) is 56.3 Å². The highest BCUT2D eigenvalue weighted by molar-refractivity contribution is 5.95. The number of benzene rings is 2. The molecule has 210 valence electrons. The second-order valence-electron chi connectivity index (χ2n) is 9.53. The Kier molecular flexibility index (Phi) is 11.4. The van der Waals surface area contributed by atoms with Gasteiger partial charge in [0, 0.05) is 12.8 Å². The van der Waals surface area contributed by atoms with Gasteiger partial charge in [0.2, 0.25) is 23.6 Å². The molecule has 2 aromatic carbocycles. The van der Waals surface area contributed by atoms with Crippen LogP contribution in [0.25, 0.3) is 0 Å². The van der Waals surface area contributed by atoms with E-state index in [1.807, 2.05) is 0 Å². The molecule has 39 heavy (non-hydrogen) atoms. The van der Waals surface area contributed by atoms with Gasteiger partial charge < -0.3 is 37.6 Å². The molecule has 0 saturated carbocycles. The standard InChI is InChI=1S/C27H35N5O7/c1-15(2)23(27(38)39)32-26(37)21(13-17-8-10-18(33)11-9-17)31-25(36)20(12-16-6-4-3-5-7-16)30-24(35)19(28)14-22(29)34/h3-11,15,19-21,23,33H,12-14,28H2,1-2H3,(H2,29,34)(H,30,35)(H,31,36)(H,32,37)(H,38,39). The van der Waals surface area contributed by atoms with Gasteiger partial charge >= 0.3 is 5.97 Å². The summed E-state index contributed by atoms with van der Waals surface area (Å²) in [4.78, 5) is 62.2. The number of nitrogens with two attached hydrogens (primary N) is 2. The van der Waals surface area contributed by atoms with Crippen molar-refractivity contribution >= 4 is 29.6 Å². The van der Waals surface area contributed by atoms with Crippen LogP contribution in [0.3, 0.4) is 0 Å². The molecular weight excluding hydrogens is 506 g/mol. The monoisotopic (exact) mass is 541 g/mol. The van der Waals surface area contributed by atoms with E-state index in [2.05, 4.69) is 16.0 Å². The Balaban J connectivity index is 2.33. The number of aliphatic carboxylic acids is 1. The zero-order valence-corrected chi connectivity index (χ0v) is 21.8. The van der Waals surface area contributed by atoms with Gasteiger partial charge in [0.05, 0.1) is 12.5 Å². The summed E-state index contributed by atoms with van der Waals surface area (Å²) in [5.41, 5.74) is 12.2. The molecular formula is C27H35N5O7. The van der Waals surface area contributed by atoms with Crippen molar-refractivity contribution in [3.05, 3.63) is 65.7 Å². The van der Waals surface area contributed by atoms with Crippen LogP contribution in [0.1, 0.15) is 31.4 Å². The lowest BCUT2D eigenvalue weighted by atomic mass is 10.0. The van der Waals surface area contributed by atoms with Crippen molar-refractivity contribution in [3.8, 4) is 5.75 Å². The average molecular weight is 542 g/mol. The number of nitrogens with one attached hydrogen (secondary N) is 3. The fourth-order valence-corrected chi connectivity index (χ4v) is 3.76. The van der Waals surface area contributed by atoms with Crippen LogP contribution in [0, 0.1) is 5.92 Å². The number of phenolic OH excluding ortho intramolecular Hbond substituents is 1. The van der Waals surface area contributed by atoms with E-state index in [9.17, 15) is 34.2 Å². The SMILES string of the molecule is CC(C)C(NC(=O)C(Cc1ccc(O)cc1)NC(=O)C(Cc1ccccc1)NC(=O)C(N)CC(N)=O)C(=O)O. The van der Waals surface area contributed by atoms with Gasteiger partial charge in [-0.05, 0) is 29.2 Å². The molecule has 0 aromatic heterocycles. The number of amides is 4. The van der Waals surface area contributed by atoms with Crippen molar-refractivity contribution in [2.45, 2.75) is 57.3 Å². The Hall–Kier alpha value is -4.45. The zero-order valence-electron chi connectivity index (χ0n) is 21.8. The minimum atomic E-state index is -1.29. The third-order valence-electron chi connectivity index (χ3n) is 5.91. The van der Waals surface area contributed by atoms with Crippen molar-refractivity contribution in [2.24, 2.45) is 17.4 Å². The van der Waals surface area contributed by atoms with Crippen LogP contribution in [0.15, 0.2) is 54.6 Å². The summed E-state index contributed by atoms with van der Waals surface area (Å²) in [7, 11) is 0. The largest absolute Gasteiger partial charge is 0.508 e. The Morgan fingerprint density at radius 2 is 1.26 bits per heavy atom. The van der Waals surface area contributed by atoms with Crippen molar-refractivity contribution in [1.29, 1.82) is 0 Å². The van der Waals surface area contributed by atoms with E-state index in [4.69, 9.17) is 11.5 Å². The smallest absolute Gasteiger partial charge is 0.326 e. The van der Waals surface area contributed by atoms with Crippen molar-refractivity contribution in [1.82, 2.24) is 16.0 Å². The van der Waals surface area contributed by atoms with E-state index in [0.29, 0.717) is 11.1 Å². The van der Waals surface area contributed by atoms with Gasteiger partial charge in [-0.3, -0.25) is 19.2 Å². The summed E-state index contributed by atoms with van der Waals surface area (Å²) in [5, 5.41) is 26.7. The second-order valence-corrected chi connectivity index (χ2v) is 9.53. The van der Waals surface area contributed by atoms with Crippen molar-refractivity contribution < 1.29 is 34.2 Å². The van der Waals surface area contributed by atoms with Gasteiger partial charge in [0.25, 0.3) is 0 Å². The van der Waals surface area contributed by atoms with E-state index in [-0.39, 0.29) is 18.6 Å². The molecule has 0 aliphatic rings. The first-order chi connectivity index (χ1) is 18.4. The highest BCUT2D eigenvalue weighted by Crippen LogP contribution is 2.13. The molecule has 0 heterocycles. The molecule has 4 unspecified atom stereocenters. The number of carbonyl (C=O) groups excluding carboxylic acids is 4. The summed E-state index contributed by atoms with van der Waals surface area (Å²) in [6.07, 6.45) is -0.419. The molecule has 0 aliphatic carbocycles. The van der Waals surface area contributed by atoms with E-state index >= 15 is 0 Å². The molecule has 12 heteroatoms. The molecule has 0 fully saturated rings. The second kappa shape index (κ2) is 14.5. The number of rotatable bonds is 14. The molecule has 0 bridgehead atoms. The maximum absolute atomic E-state index is 13.4. The van der Waals surface area contributed by atoms with Gasteiger partial charge in [-0.25, -0.2) is 4.79 Å². The first kappa shape index (κ1) is 30.8. The van der Waals surface area contributed by atoms with Crippen LogP contribution in [0.5, 0.6) is 5.75 Å². The summed E-state index contributed by atoms with van der Waals surface area (Å²) in [6, 6.07) is 9.84. The van der Waals surface area contributed by atoms with Gasteiger partial charge in [-0.2, -0.15) is 0 Å². The molecule has 12 nitrogen and oxygen atoms in total. The Morgan fingerprint density at radius 1 is 0.769 bits per heavy atom. The number of hydrogen-bond acceptors (Lipinski definition) is 7. The maximum atomic E-state index is 13.4. The summed E-state index contributed by atoms with van der Waals surface area (Å²) in [6.45, 7) is 3.26. The Bertz CT molecular complexity index is 1150. The van der Waals surface area contributed by atoms with Gasteiger partial charge in [0.15, 0.2) is 0 Å². The van der Waals surface area contributed by atoms with Gasteiger partial charge in [-0.15, -0.1) is 0 Å². The summed E-state index contributed by atoms with van der Waals surface area (Å²) in [5.74, 6) is -4.70. The normalized spacial score (nSPS) is 13.9. The predicted molar refractivity (Wildman–Crippen MR) is 142 cm³/mol. The van der Waals surface area contributed by atoms with Crippen molar-refractivity contribution in [2.75, 3.05) is 0 Å². The average Bonchev–Trinajstić information content (AvgIpc) is 2.87. The number of carboxylic acids is 1. The lowest BCUT2D eigenvalue weighted by Crippen LogP contribution is -2.58. The number of carbonyl (C=O) groups is 5. The lowest BCUT2D eigenvalue weighted by Gasteiger charge is -2.26. The highest BCUT2D eigenvalue weighted by Gasteiger charge is 2.31. The first-order valence-corrected chi connectivity index (χ1v) is 12.4. The Morgan fingerprint density at radius 3 is 1.74 bits per heavy atom. The molecule has 0 aliphatic heterocycles. The molecule has 0 radical (unpaired) electrons. The summed E-state index contributed by atoms with van der Waals surface area (Å²) >= 11 is 0. The molecule has 0 spiro atoms. The minimum absolute atomic E-state index is 0.00692. The van der Waals surface area contributed by atoms with Crippen LogP contribution in [-0.2, 0) is 36.8 Å². The van der Waals surface area contributed by atoms with E-state index in [1.165, 1.54) is 12.1 Å². The maximum Gasteiger partial charge on any atom is 0.326 e. The fourth-order valence-electron chi connectivity index (χ4n) is 3.76. The quantitative estimate of drug-likeness (QED) is 0.166. The molecule has 2 rings (SSSR count). The number of primary amides is 1. The van der Waals surface area contributed by atoms with Crippen LogP contribution in [-0.4, -0.2) is 64.0 Å². The third-order valence-corrected chi connectivity index (χ3v) is 5.91. The number of carboxylic acid groups (broad SMARTS) is 1. The van der Waals surface area contributed by atoms with Crippen LogP contribution >= 0.6 is 0 Å². The van der Waals surface area contributed by atoms with E-state index < -0.39 is 66.1 Å². The van der Waals surface area contributed by atoms with Gasteiger partial charge in [-0.1, -0.05) is 56.3 Å². The molecule has 9 N–H and O–H groups in total. The van der Waals surface area contributed by atoms with Gasteiger partial charge in [0.1, 0.15) is 23.9 Å². The molecule has 2 aromatic rings. The molecule has 0 saturated heterocycles. The number of aromatic hydroxyl groups is 1. The minimum Gasteiger partial charge on any atom is -0.508 e. The van der Waals surface area contributed by atoms with E-state index in [0.717, 1.165) is 0 Å². The predicted octanol–water partition coefficient (Wildman–Crippen LogP) is -0.425. The number of phenols is 1. The first-order valence-electron chi connectivity index (χ1n) is 12.4. The lowest BCUT2D eigenvalue weighted by molar-refractivity contribution is -0.143. The van der Waals surface area contributed by atoms with Crippen molar-refractivity contribution in [3.63, 3.8) is 0 Å². The van der Waals surface area contributed by atoms with Crippen LogP contribution in [0.2, 0.25) is 0 Å². The topological polar surface area (TPSA) is 214 Å². The molecule has 4 atom stereocenters. The van der Waals surface area contributed by atoms with Crippen LogP contribution in [0.4, 0.5) is 0 Å². The number of hydrogen-bond donors (Lipinski definition) is 7. The summed E-state index contributed by atoms with van der Waals surface area (Å²) < 4.78 is 0. The third kappa shape index (κ3) is 10.1. The Labute approximate surface area is 226 Å². The fraction of sp³-hybridized carbons (Fsp3) is 0.370. The molecule has 4 amide bonds. The zero-order chi connectivity index (χ0) is 29.1. The van der Waals surface area contributed by atoms with Crippen LogP contribution < -0.4 is 27.4 Å².